The maximum absolute atomic E-state index is 12.2. The Bertz CT molecular complexity index is 598. The summed E-state index contributed by atoms with van der Waals surface area (Å²) < 4.78 is 4.51. The number of nitrogens with one attached hydrogen (secondary N) is 2. The van der Waals surface area contributed by atoms with E-state index in [4.69, 9.17) is 0 Å². The van der Waals surface area contributed by atoms with Crippen molar-refractivity contribution >= 4 is 17.7 Å². The molecule has 0 spiro atoms. The number of piperazine rings is 1. The van der Waals surface area contributed by atoms with Gasteiger partial charge in [-0.1, -0.05) is 10.3 Å². The molecule has 9 nitrogen and oxygen atoms in total. The van der Waals surface area contributed by atoms with Gasteiger partial charge in [0.05, 0.1) is 12.6 Å². The molecule has 1 aromatic heterocycles. The Morgan fingerprint density at radius 1 is 1.43 bits per heavy atom. The molecule has 2 aliphatic heterocycles. The highest BCUT2D eigenvalue weighted by Crippen LogP contribution is 2.27. The van der Waals surface area contributed by atoms with E-state index >= 15 is 0 Å². The van der Waals surface area contributed by atoms with Crippen LogP contribution in [0.2, 0.25) is 0 Å². The lowest BCUT2D eigenvalue weighted by atomic mass is 10.2. The monoisotopic (exact) mass is 293 g/mol. The van der Waals surface area contributed by atoms with Crippen molar-refractivity contribution in [3.05, 3.63) is 11.4 Å². The number of aryl methyl sites for hydroxylation is 1. The molecule has 0 aromatic carbocycles. The van der Waals surface area contributed by atoms with Crippen molar-refractivity contribution in [3.63, 3.8) is 0 Å². The second kappa shape index (κ2) is 5.15. The Labute approximate surface area is 120 Å². The van der Waals surface area contributed by atoms with Gasteiger partial charge in [0.25, 0.3) is 0 Å². The van der Waals surface area contributed by atoms with E-state index in [-0.39, 0.29) is 18.5 Å². The van der Waals surface area contributed by atoms with Gasteiger partial charge in [-0.05, 0) is 19.8 Å². The Morgan fingerprint density at radius 2 is 2.24 bits per heavy atom. The highest BCUT2D eigenvalue weighted by atomic mass is 16.6. The predicted octanol–water partition coefficient (Wildman–Crippen LogP) is -1.52. The Morgan fingerprint density at radius 3 is 2.95 bits per heavy atom. The quantitative estimate of drug-likeness (QED) is 0.640. The van der Waals surface area contributed by atoms with E-state index in [0.29, 0.717) is 24.4 Å². The van der Waals surface area contributed by atoms with Crippen LogP contribution < -0.4 is 10.6 Å². The number of rotatable bonds is 2. The van der Waals surface area contributed by atoms with Gasteiger partial charge in [0.1, 0.15) is 17.4 Å². The van der Waals surface area contributed by atoms with E-state index < -0.39 is 17.9 Å². The molecule has 3 amide bonds. The van der Waals surface area contributed by atoms with Crippen LogP contribution in [-0.4, -0.2) is 51.6 Å². The van der Waals surface area contributed by atoms with Gasteiger partial charge in [-0.3, -0.25) is 14.4 Å². The van der Waals surface area contributed by atoms with Crippen LogP contribution in [0.15, 0.2) is 4.63 Å². The standard InChI is InChI=1S/C12H15N5O4/c1-6-8(16-21-15-6)5-14-11(19)12(20)17-7-2-3-9(17)10(18)13-4-7/h7,9H,2-5H2,1H3,(H,13,18)(H,14,19). The molecule has 1 aromatic rings. The lowest BCUT2D eigenvalue weighted by Crippen LogP contribution is -2.60. The van der Waals surface area contributed by atoms with Gasteiger partial charge in [-0.15, -0.1) is 0 Å². The van der Waals surface area contributed by atoms with Gasteiger partial charge in [0, 0.05) is 6.54 Å². The van der Waals surface area contributed by atoms with Crippen molar-refractivity contribution in [3.8, 4) is 0 Å². The van der Waals surface area contributed by atoms with Crippen LogP contribution in [0.4, 0.5) is 0 Å². The van der Waals surface area contributed by atoms with Crippen LogP contribution in [0.5, 0.6) is 0 Å². The number of nitrogens with zero attached hydrogens (tertiary/aromatic N) is 3. The van der Waals surface area contributed by atoms with Crippen molar-refractivity contribution in [2.24, 2.45) is 0 Å². The van der Waals surface area contributed by atoms with Crippen molar-refractivity contribution in [2.45, 2.75) is 38.4 Å². The molecule has 112 valence electrons. The van der Waals surface area contributed by atoms with E-state index in [0.717, 1.165) is 6.42 Å². The molecule has 0 aliphatic carbocycles. The summed E-state index contributed by atoms with van der Waals surface area (Å²) in [5.41, 5.74) is 1.02. The molecule has 2 bridgehead atoms. The fraction of sp³-hybridized carbons (Fsp3) is 0.583. The number of hydrogen-bond acceptors (Lipinski definition) is 6. The molecule has 2 fully saturated rings. The summed E-state index contributed by atoms with van der Waals surface area (Å²) in [5.74, 6) is -1.61. The van der Waals surface area contributed by atoms with Gasteiger partial charge in [-0.2, -0.15) is 0 Å². The molecule has 9 heteroatoms. The van der Waals surface area contributed by atoms with Crippen molar-refractivity contribution in [2.75, 3.05) is 6.54 Å². The number of hydrogen-bond donors (Lipinski definition) is 2. The van der Waals surface area contributed by atoms with Crippen LogP contribution in [0, 0.1) is 6.92 Å². The minimum absolute atomic E-state index is 0.0648. The Kier molecular flexibility index (Phi) is 3.32. The lowest BCUT2D eigenvalue weighted by Gasteiger charge is -2.33. The first-order valence-corrected chi connectivity index (χ1v) is 6.74. The zero-order valence-corrected chi connectivity index (χ0v) is 11.5. The van der Waals surface area contributed by atoms with Gasteiger partial charge >= 0.3 is 11.8 Å². The maximum atomic E-state index is 12.2. The summed E-state index contributed by atoms with van der Waals surface area (Å²) >= 11 is 0. The van der Waals surface area contributed by atoms with Crippen molar-refractivity contribution in [1.29, 1.82) is 0 Å². The summed E-state index contributed by atoms with van der Waals surface area (Å²) in [6.07, 6.45) is 1.33. The first-order chi connectivity index (χ1) is 10.1. The van der Waals surface area contributed by atoms with E-state index in [1.165, 1.54) is 4.90 Å². The second-order valence-corrected chi connectivity index (χ2v) is 5.18. The number of carbonyl (C=O) groups is 3. The first kappa shape index (κ1) is 13.5. The van der Waals surface area contributed by atoms with E-state index in [2.05, 4.69) is 25.6 Å². The molecule has 2 saturated heterocycles. The van der Waals surface area contributed by atoms with Crippen LogP contribution in [0.25, 0.3) is 0 Å². The number of carbonyl (C=O) groups excluding carboxylic acids is 3. The fourth-order valence-corrected chi connectivity index (χ4v) is 2.75. The second-order valence-electron chi connectivity index (χ2n) is 5.18. The molecular weight excluding hydrogens is 278 g/mol. The van der Waals surface area contributed by atoms with Gasteiger partial charge in [0.15, 0.2) is 0 Å². The van der Waals surface area contributed by atoms with Crippen molar-refractivity contribution in [1.82, 2.24) is 25.8 Å². The smallest absolute Gasteiger partial charge is 0.312 e. The zero-order valence-electron chi connectivity index (χ0n) is 11.5. The average molecular weight is 293 g/mol. The first-order valence-electron chi connectivity index (χ1n) is 6.74. The van der Waals surface area contributed by atoms with Crippen LogP contribution >= 0.6 is 0 Å². The van der Waals surface area contributed by atoms with Crippen LogP contribution in [0.1, 0.15) is 24.2 Å². The summed E-state index contributed by atoms with van der Waals surface area (Å²) in [6, 6.07) is -0.626. The van der Waals surface area contributed by atoms with E-state index in [1.807, 2.05) is 0 Å². The number of amides is 3. The highest BCUT2D eigenvalue weighted by Gasteiger charge is 2.46. The minimum Gasteiger partial charge on any atom is -0.352 e. The van der Waals surface area contributed by atoms with Gasteiger partial charge in [-0.25, -0.2) is 4.63 Å². The van der Waals surface area contributed by atoms with Crippen LogP contribution in [0.3, 0.4) is 0 Å². The third-order valence-electron chi connectivity index (χ3n) is 3.91. The SMILES string of the molecule is Cc1nonc1CNC(=O)C(=O)N1C2CCC1C(=O)NC2. The third kappa shape index (κ3) is 2.34. The Hall–Kier alpha value is -2.45. The highest BCUT2D eigenvalue weighted by molar-refractivity contribution is 6.35. The molecular formula is C12H15N5O4. The van der Waals surface area contributed by atoms with Gasteiger partial charge < -0.3 is 15.5 Å². The predicted molar refractivity (Wildman–Crippen MR) is 67.5 cm³/mol. The molecule has 3 rings (SSSR count). The molecule has 3 heterocycles. The minimum atomic E-state index is -0.746. The summed E-state index contributed by atoms with van der Waals surface area (Å²) in [5, 5.41) is 12.4. The molecule has 21 heavy (non-hydrogen) atoms. The largest absolute Gasteiger partial charge is 0.352 e. The number of aromatic nitrogens is 2. The molecule has 2 atom stereocenters. The number of fused-ring (bicyclic) bond motifs is 2. The third-order valence-corrected chi connectivity index (χ3v) is 3.91. The maximum Gasteiger partial charge on any atom is 0.312 e. The van der Waals surface area contributed by atoms with Crippen molar-refractivity contribution < 1.29 is 19.0 Å². The van der Waals surface area contributed by atoms with Gasteiger partial charge in [0.2, 0.25) is 5.91 Å². The zero-order chi connectivity index (χ0) is 15.0. The summed E-state index contributed by atoms with van der Waals surface area (Å²) in [7, 11) is 0. The summed E-state index contributed by atoms with van der Waals surface area (Å²) in [6.45, 7) is 2.16. The molecule has 2 unspecified atom stereocenters. The molecule has 0 saturated carbocycles. The van der Waals surface area contributed by atoms with E-state index in [9.17, 15) is 14.4 Å². The fourth-order valence-electron chi connectivity index (χ4n) is 2.75. The Balaban J connectivity index is 1.64. The molecule has 0 radical (unpaired) electrons. The lowest BCUT2D eigenvalue weighted by molar-refractivity contribution is -0.151. The summed E-state index contributed by atoms with van der Waals surface area (Å²) in [4.78, 5) is 37.3. The van der Waals surface area contributed by atoms with Crippen LogP contribution in [-0.2, 0) is 20.9 Å². The van der Waals surface area contributed by atoms with E-state index in [1.54, 1.807) is 6.92 Å². The topological polar surface area (TPSA) is 117 Å². The molecule has 2 aliphatic rings. The molecule has 2 N–H and O–H groups in total. The average Bonchev–Trinajstić information content (AvgIpc) is 3.03. The normalized spacial score (nSPS) is 23.9.